The molecule has 0 spiro atoms. The number of aliphatic hydroxyl groups is 2. The summed E-state index contributed by atoms with van der Waals surface area (Å²) < 4.78 is 5.93. The Bertz CT molecular complexity index is 1010. The molecule has 0 aliphatic rings. The lowest BCUT2D eigenvalue weighted by Gasteiger charge is -2.24. The highest BCUT2D eigenvalue weighted by atomic mass is 16.5. The van der Waals surface area contributed by atoms with Crippen LogP contribution in [0, 0.1) is 0 Å². The summed E-state index contributed by atoms with van der Waals surface area (Å²) in [6.45, 7) is 6.38. The summed E-state index contributed by atoms with van der Waals surface area (Å²) in [6.07, 6.45) is 57.8. The molecule has 0 radical (unpaired) electrons. The van der Waals surface area contributed by atoms with E-state index in [4.69, 9.17) is 4.74 Å². The minimum absolute atomic E-state index is 0.0687. The lowest BCUT2D eigenvalue weighted by atomic mass is 10.0. The maximum Gasteiger partial charge on any atom is 0.306 e. The van der Waals surface area contributed by atoms with Gasteiger partial charge in [-0.3, -0.25) is 9.59 Å². The maximum absolute atomic E-state index is 13.2. The molecule has 0 aliphatic carbocycles. The van der Waals surface area contributed by atoms with Gasteiger partial charge < -0.3 is 20.3 Å². The van der Waals surface area contributed by atoms with Crippen LogP contribution in [0.15, 0.2) is 36.5 Å². The fourth-order valence-electron chi connectivity index (χ4n) is 8.17. The minimum Gasteiger partial charge on any atom is -0.462 e. The fraction of sp³-hybridized carbons (Fsp3) is 0.855. The van der Waals surface area contributed by atoms with Crippen molar-refractivity contribution in [3.8, 4) is 0 Å². The van der Waals surface area contributed by atoms with Gasteiger partial charge in [-0.2, -0.15) is 0 Å². The van der Waals surface area contributed by atoms with Gasteiger partial charge in [0.1, 0.15) is 6.10 Å². The standard InChI is InChI=1S/C55H103NO5/c1-4-7-10-13-16-19-22-25-26-27-28-30-33-36-39-42-45-48-55(60)61-51(46-43-40-37-34-31-24-21-18-15-12-9-6-3)49-54(59)56-52(50-57)53(58)47-44-41-38-35-32-29-23-20-17-14-11-8-5-2/h9,12,18,21,25-26,51-53,57-58H,4-8,10-11,13-17,19-20,22-24,27-50H2,1-3H3,(H,56,59)/b12-9+,21-18+,26-25+. The number of hydrogen-bond donors (Lipinski definition) is 3. The fourth-order valence-corrected chi connectivity index (χ4v) is 8.17. The number of amides is 1. The Morgan fingerprint density at radius 1 is 0.492 bits per heavy atom. The average Bonchev–Trinajstić information content (AvgIpc) is 3.25. The second-order valence-corrected chi connectivity index (χ2v) is 18.2. The average molecular weight is 858 g/mol. The van der Waals surface area contributed by atoms with E-state index in [0.29, 0.717) is 19.3 Å². The monoisotopic (exact) mass is 858 g/mol. The quantitative estimate of drug-likeness (QED) is 0.0322. The van der Waals surface area contributed by atoms with Gasteiger partial charge in [0.15, 0.2) is 0 Å². The predicted molar refractivity (Wildman–Crippen MR) is 264 cm³/mol. The van der Waals surface area contributed by atoms with Gasteiger partial charge in [-0.15, -0.1) is 0 Å². The van der Waals surface area contributed by atoms with Gasteiger partial charge in [-0.05, 0) is 77.0 Å². The maximum atomic E-state index is 13.2. The van der Waals surface area contributed by atoms with Gasteiger partial charge in [-0.1, -0.05) is 224 Å². The molecule has 3 unspecified atom stereocenters. The molecule has 358 valence electrons. The van der Waals surface area contributed by atoms with Crippen molar-refractivity contribution in [3.63, 3.8) is 0 Å². The number of aliphatic hydroxyl groups excluding tert-OH is 2. The third kappa shape index (κ3) is 44.5. The third-order valence-corrected chi connectivity index (χ3v) is 12.2. The van der Waals surface area contributed by atoms with Crippen molar-refractivity contribution in [2.45, 2.75) is 296 Å². The van der Waals surface area contributed by atoms with E-state index in [2.05, 4.69) is 62.5 Å². The highest BCUT2D eigenvalue weighted by molar-refractivity contribution is 5.77. The Morgan fingerprint density at radius 3 is 1.34 bits per heavy atom. The van der Waals surface area contributed by atoms with Crippen LogP contribution in [-0.2, 0) is 14.3 Å². The molecule has 3 atom stereocenters. The van der Waals surface area contributed by atoms with Crippen molar-refractivity contribution in [2.75, 3.05) is 6.61 Å². The number of esters is 1. The molecule has 0 aromatic heterocycles. The van der Waals surface area contributed by atoms with E-state index in [1.807, 2.05) is 0 Å². The van der Waals surface area contributed by atoms with E-state index in [1.165, 1.54) is 154 Å². The van der Waals surface area contributed by atoms with Crippen LogP contribution < -0.4 is 5.32 Å². The summed E-state index contributed by atoms with van der Waals surface area (Å²) in [5.74, 6) is -0.484. The van der Waals surface area contributed by atoms with Gasteiger partial charge in [0.05, 0.1) is 25.2 Å². The molecule has 0 heterocycles. The van der Waals surface area contributed by atoms with E-state index in [0.717, 1.165) is 77.0 Å². The van der Waals surface area contributed by atoms with Crippen LogP contribution in [0.3, 0.4) is 0 Å². The zero-order chi connectivity index (χ0) is 44.5. The topological polar surface area (TPSA) is 95.9 Å². The second-order valence-electron chi connectivity index (χ2n) is 18.2. The van der Waals surface area contributed by atoms with Crippen molar-refractivity contribution in [2.24, 2.45) is 0 Å². The molecule has 0 aromatic rings. The summed E-state index contributed by atoms with van der Waals surface area (Å²) in [6, 6.07) is -0.704. The molecule has 0 rings (SSSR count). The third-order valence-electron chi connectivity index (χ3n) is 12.2. The number of carbonyl (C=O) groups is 2. The lowest BCUT2D eigenvalue weighted by Crippen LogP contribution is -2.46. The van der Waals surface area contributed by atoms with Crippen molar-refractivity contribution in [1.29, 1.82) is 0 Å². The Balaban J connectivity index is 4.52. The molecule has 1 amide bonds. The molecule has 61 heavy (non-hydrogen) atoms. The van der Waals surface area contributed by atoms with Crippen LogP contribution in [0.1, 0.15) is 278 Å². The van der Waals surface area contributed by atoms with Gasteiger partial charge in [-0.25, -0.2) is 0 Å². The summed E-state index contributed by atoms with van der Waals surface area (Å²) >= 11 is 0. The number of carbonyl (C=O) groups excluding carboxylic acids is 2. The summed E-state index contributed by atoms with van der Waals surface area (Å²) in [7, 11) is 0. The molecule has 6 nitrogen and oxygen atoms in total. The van der Waals surface area contributed by atoms with Crippen LogP contribution in [0.4, 0.5) is 0 Å². The first-order chi connectivity index (χ1) is 30.0. The molecular weight excluding hydrogens is 755 g/mol. The largest absolute Gasteiger partial charge is 0.462 e. The summed E-state index contributed by atoms with van der Waals surface area (Å²) in [4.78, 5) is 26.2. The van der Waals surface area contributed by atoms with Crippen molar-refractivity contribution in [1.82, 2.24) is 5.32 Å². The second kappa shape index (κ2) is 49.1. The van der Waals surface area contributed by atoms with Gasteiger partial charge in [0, 0.05) is 6.42 Å². The molecule has 0 saturated carbocycles. The first kappa shape index (κ1) is 59.1. The zero-order valence-corrected chi connectivity index (χ0v) is 40.8. The predicted octanol–water partition coefficient (Wildman–Crippen LogP) is 16.1. The van der Waals surface area contributed by atoms with Crippen LogP contribution in [0.25, 0.3) is 0 Å². The van der Waals surface area contributed by atoms with Crippen LogP contribution >= 0.6 is 0 Å². The number of hydrogen-bond acceptors (Lipinski definition) is 5. The van der Waals surface area contributed by atoms with Gasteiger partial charge >= 0.3 is 5.97 Å². The highest BCUT2D eigenvalue weighted by Gasteiger charge is 2.24. The molecule has 3 N–H and O–H groups in total. The molecule has 0 aliphatic heterocycles. The number of unbranched alkanes of at least 4 members (excludes halogenated alkanes) is 30. The molecule has 0 aromatic carbocycles. The lowest BCUT2D eigenvalue weighted by molar-refractivity contribution is -0.151. The summed E-state index contributed by atoms with van der Waals surface area (Å²) in [5.41, 5.74) is 0. The molecule has 0 bridgehead atoms. The Labute approximate surface area is 379 Å². The number of nitrogens with one attached hydrogen (secondary N) is 1. The molecule has 6 heteroatoms. The summed E-state index contributed by atoms with van der Waals surface area (Å²) in [5, 5.41) is 23.8. The number of allylic oxidation sites excluding steroid dienone is 6. The minimum atomic E-state index is -0.790. The van der Waals surface area contributed by atoms with Crippen LogP contribution in [-0.4, -0.2) is 46.9 Å². The van der Waals surface area contributed by atoms with E-state index in [1.54, 1.807) is 0 Å². The van der Waals surface area contributed by atoms with E-state index < -0.39 is 18.2 Å². The van der Waals surface area contributed by atoms with E-state index in [9.17, 15) is 19.8 Å². The SMILES string of the molecule is CC/C=C/C/C=C/CCCCCCCC(CC(=O)NC(CO)C(O)CCCCCCCCCCCCCCC)OC(=O)CCCCCCCCC/C=C/CCCCCCCC. The zero-order valence-electron chi connectivity index (χ0n) is 40.8. The Morgan fingerprint density at radius 2 is 0.885 bits per heavy atom. The van der Waals surface area contributed by atoms with Crippen molar-refractivity contribution in [3.05, 3.63) is 36.5 Å². The van der Waals surface area contributed by atoms with Gasteiger partial charge in [0.25, 0.3) is 0 Å². The first-order valence-corrected chi connectivity index (χ1v) is 26.7. The first-order valence-electron chi connectivity index (χ1n) is 26.7. The van der Waals surface area contributed by atoms with Gasteiger partial charge in [0.2, 0.25) is 5.91 Å². The normalized spacial score (nSPS) is 13.5. The van der Waals surface area contributed by atoms with Crippen LogP contribution in [0.2, 0.25) is 0 Å². The molecule has 0 saturated heterocycles. The van der Waals surface area contributed by atoms with E-state index >= 15 is 0 Å². The number of ether oxygens (including phenoxy) is 1. The Hall–Kier alpha value is -1.92. The molecular formula is C55H103NO5. The molecule has 0 fully saturated rings. The van der Waals surface area contributed by atoms with E-state index in [-0.39, 0.29) is 24.9 Å². The number of rotatable bonds is 48. The smallest absolute Gasteiger partial charge is 0.306 e. The van der Waals surface area contributed by atoms with Crippen molar-refractivity contribution < 1.29 is 24.5 Å². The van der Waals surface area contributed by atoms with Crippen LogP contribution in [0.5, 0.6) is 0 Å². The van der Waals surface area contributed by atoms with Crippen molar-refractivity contribution >= 4 is 11.9 Å². The highest BCUT2D eigenvalue weighted by Crippen LogP contribution is 2.18. The Kier molecular flexibility index (Phi) is 47.6.